The summed E-state index contributed by atoms with van der Waals surface area (Å²) >= 11 is 0. The van der Waals surface area contributed by atoms with E-state index in [0.29, 0.717) is 22.4 Å². The van der Waals surface area contributed by atoms with Gasteiger partial charge in [0, 0.05) is 22.2 Å². The van der Waals surface area contributed by atoms with E-state index in [1.54, 1.807) is 38.1 Å². The van der Waals surface area contributed by atoms with Gasteiger partial charge in [0.2, 0.25) is 0 Å². The highest BCUT2D eigenvalue weighted by atomic mass is 32.2. The molecular weight excluding hydrogens is 454 g/mol. The number of hydrazine groups is 1. The summed E-state index contributed by atoms with van der Waals surface area (Å²) in [5, 5.41) is 0.817. The molecule has 9 heteroatoms. The molecule has 4 aromatic rings. The Balaban J connectivity index is 1.41. The second-order valence-electron chi connectivity index (χ2n) is 7.91. The maximum atomic E-state index is 12.8. The van der Waals surface area contributed by atoms with Crippen molar-refractivity contribution >= 4 is 38.5 Å². The average Bonchev–Trinajstić information content (AvgIpc) is 3.15. The Labute approximate surface area is 197 Å². The Morgan fingerprint density at radius 2 is 1.50 bits per heavy atom. The molecule has 0 bridgehead atoms. The molecular formula is C25H23N3O5S. The zero-order valence-electron chi connectivity index (χ0n) is 18.8. The Kier molecular flexibility index (Phi) is 6.12. The van der Waals surface area contributed by atoms with Crippen molar-refractivity contribution in [3.05, 3.63) is 94.7 Å². The van der Waals surface area contributed by atoms with Gasteiger partial charge >= 0.3 is 5.91 Å². The second-order valence-corrected chi connectivity index (χ2v) is 9.56. The fraction of sp³-hybridized carbons (Fsp3) is 0.120. The Morgan fingerprint density at radius 1 is 0.824 bits per heavy atom. The molecule has 2 amide bonds. The Hall–Kier alpha value is -4.11. The van der Waals surface area contributed by atoms with E-state index in [4.69, 9.17) is 4.42 Å². The number of carbonyl (C=O) groups excluding carboxylic acids is 2. The van der Waals surface area contributed by atoms with Gasteiger partial charge in [0.15, 0.2) is 5.76 Å². The molecule has 0 atom stereocenters. The van der Waals surface area contributed by atoms with E-state index in [1.165, 1.54) is 24.3 Å². The minimum atomic E-state index is -3.78. The lowest BCUT2D eigenvalue weighted by Crippen LogP contribution is -2.41. The lowest BCUT2D eigenvalue weighted by atomic mass is 10.1. The number of fused-ring (bicyclic) bond motifs is 1. The molecule has 1 heterocycles. The molecule has 3 aromatic carbocycles. The van der Waals surface area contributed by atoms with Crippen molar-refractivity contribution in [2.75, 3.05) is 4.72 Å². The summed E-state index contributed by atoms with van der Waals surface area (Å²) in [6, 6.07) is 18.3. The van der Waals surface area contributed by atoms with Crippen LogP contribution in [-0.2, 0) is 10.0 Å². The van der Waals surface area contributed by atoms with Crippen LogP contribution in [0.25, 0.3) is 11.0 Å². The highest BCUT2D eigenvalue weighted by Crippen LogP contribution is 2.25. The monoisotopic (exact) mass is 477 g/mol. The van der Waals surface area contributed by atoms with Crippen LogP contribution in [0.1, 0.15) is 37.6 Å². The van der Waals surface area contributed by atoms with Crippen molar-refractivity contribution in [1.29, 1.82) is 0 Å². The van der Waals surface area contributed by atoms with E-state index >= 15 is 0 Å². The summed E-state index contributed by atoms with van der Waals surface area (Å²) in [6.45, 7) is 5.31. The molecule has 3 N–H and O–H groups in total. The number of hydrogen-bond acceptors (Lipinski definition) is 5. The van der Waals surface area contributed by atoms with Gasteiger partial charge in [-0.1, -0.05) is 30.3 Å². The second kappa shape index (κ2) is 9.03. The maximum absolute atomic E-state index is 12.8. The standard InChI is InChI=1S/C25H23N3O5S/c1-15-8-9-16(2)22(14-15)34(31,32)28-19-12-10-18(11-13-19)24(29)26-27-25(30)23-17(3)20-6-4-5-7-21(20)33-23/h4-14,28H,1-3H3,(H,26,29)(H,27,30). The first kappa shape index (κ1) is 23.1. The number of rotatable bonds is 5. The number of aryl methyl sites for hydroxylation is 3. The van der Waals surface area contributed by atoms with Crippen LogP contribution in [0.5, 0.6) is 0 Å². The van der Waals surface area contributed by atoms with Crippen LogP contribution in [0.4, 0.5) is 5.69 Å². The Bertz CT molecular complexity index is 1510. The average molecular weight is 478 g/mol. The third-order valence-corrected chi connectivity index (χ3v) is 6.90. The molecule has 34 heavy (non-hydrogen) atoms. The fourth-order valence-electron chi connectivity index (χ4n) is 3.53. The molecule has 0 fully saturated rings. The molecule has 0 unspecified atom stereocenters. The highest BCUT2D eigenvalue weighted by molar-refractivity contribution is 7.92. The number of carbonyl (C=O) groups is 2. The first-order chi connectivity index (χ1) is 16.2. The van der Waals surface area contributed by atoms with Crippen molar-refractivity contribution in [2.24, 2.45) is 0 Å². The number of benzene rings is 3. The molecule has 0 saturated carbocycles. The SMILES string of the molecule is Cc1ccc(C)c(S(=O)(=O)Nc2ccc(C(=O)NNC(=O)c3oc4ccccc4c3C)cc2)c1. The highest BCUT2D eigenvalue weighted by Gasteiger charge is 2.19. The van der Waals surface area contributed by atoms with E-state index in [1.807, 2.05) is 25.1 Å². The van der Waals surface area contributed by atoms with Crippen LogP contribution in [0.15, 0.2) is 76.0 Å². The molecule has 0 radical (unpaired) electrons. The van der Waals surface area contributed by atoms with E-state index in [9.17, 15) is 18.0 Å². The number of hydrogen-bond donors (Lipinski definition) is 3. The van der Waals surface area contributed by atoms with Crippen molar-refractivity contribution < 1.29 is 22.4 Å². The number of sulfonamides is 1. The van der Waals surface area contributed by atoms with Gasteiger partial charge in [-0.15, -0.1) is 0 Å². The summed E-state index contributed by atoms with van der Waals surface area (Å²) in [5.74, 6) is -1.04. The zero-order chi connectivity index (χ0) is 24.5. The lowest BCUT2D eigenvalue weighted by molar-refractivity contribution is 0.0831. The molecule has 4 rings (SSSR count). The van der Waals surface area contributed by atoms with Crippen LogP contribution in [0, 0.1) is 20.8 Å². The van der Waals surface area contributed by atoms with E-state index in [-0.39, 0.29) is 16.2 Å². The molecule has 0 aliphatic carbocycles. The van der Waals surface area contributed by atoms with Crippen LogP contribution in [-0.4, -0.2) is 20.2 Å². The smallest absolute Gasteiger partial charge is 0.305 e. The van der Waals surface area contributed by atoms with Gasteiger partial charge in [-0.05, 0) is 68.3 Å². The number of amides is 2. The quantitative estimate of drug-likeness (QED) is 0.372. The van der Waals surface area contributed by atoms with Crippen LogP contribution in [0.2, 0.25) is 0 Å². The molecule has 1 aromatic heterocycles. The number of nitrogens with one attached hydrogen (secondary N) is 3. The summed E-state index contributed by atoms with van der Waals surface area (Å²) in [7, 11) is -3.78. The van der Waals surface area contributed by atoms with Crippen molar-refractivity contribution in [1.82, 2.24) is 10.9 Å². The third kappa shape index (κ3) is 4.65. The van der Waals surface area contributed by atoms with Crippen LogP contribution < -0.4 is 15.6 Å². The van der Waals surface area contributed by atoms with Gasteiger partial charge in [-0.25, -0.2) is 8.42 Å². The Morgan fingerprint density at radius 3 is 2.21 bits per heavy atom. The van der Waals surface area contributed by atoms with Gasteiger partial charge in [0.05, 0.1) is 4.90 Å². The largest absolute Gasteiger partial charge is 0.451 e. The van der Waals surface area contributed by atoms with Gasteiger partial charge in [0.1, 0.15) is 5.58 Å². The predicted octanol–water partition coefficient (Wildman–Crippen LogP) is 4.23. The zero-order valence-corrected chi connectivity index (χ0v) is 19.6. The first-order valence-electron chi connectivity index (χ1n) is 10.4. The van der Waals surface area contributed by atoms with Crippen LogP contribution in [0.3, 0.4) is 0 Å². The molecule has 0 aliphatic rings. The summed E-state index contributed by atoms with van der Waals surface area (Å²) < 4.78 is 33.6. The number of para-hydroxylation sites is 1. The summed E-state index contributed by atoms with van der Waals surface area (Å²) in [6.07, 6.45) is 0. The van der Waals surface area contributed by atoms with Gasteiger partial charge < -0.3 is 4.42 Å². The molecule has 174 valence electrons. The molecule has 0 saturated heterocycles. The normalized spacial score (nSPS) is 11.3. The van der Waals surface area contributed by atoms with E-state index in [0.717, 1.165) is 10.9 Å². The minimum Gasteiger partial charge on any atom is -0.451 e. The van der Waals surface area contributed by atoms with Gasteiger partial charge in [0.25, 0.3) is 15.9 Å². The summed E-state index contributed by atoms with van der Waals surface area (Å²) in [5.41, 5.74) is 7.93. The maximum Gasteiger partial charge on any atom is 0.305 e. The molecule has 0 spiro atoms. The topological polar surface area (TPSA) is 118 Å². The fourth-order valence-corrected chi connectivity index (χ4v) is 4.92. The summed E-state index contributed by atoms with van der Waals surface area (Å²) in [4.78, 5) is 25.1. The number of anilines is 1. The van der Waals surface area contributed by atoms with E-state index in [2.05, 4.69) is 15.6 Å². The lowest BCUT2D eigenvalue weighted by Gasteiger charge is -2.12. The molecule has 0 aliphatic heterocycles. The van der Waals surface area contributed by atoms with Crippen molar-refractivity contribution in [3.63, 3.8) is 0 Å². The first-order valence-corrected chi connectivity index (χ1v) is 11.9. The van der Waals surface area contributed by atoms with Crippen LogP contribution >= 0.6 is 0 Å². The van der Waals surface area contributed by atoms with Gasteiger partial charge in [-0.3, -0.25) is 25.2 Å². The molecule has 8 nitrogen and oxygen atoms in total. The van der Waals surface area contributed by atoms with E-state index < -0.39 is 21.8 Å². The predicted molar refractivity (Wildman–Crippen MR) is 129 cm³/mol. The van der Waals surface area contributed by atoms with Crippen molar-refractivity contribution in [3.8, 4) is 0 Å². The third-order valence-electron chi connectivity index (χ3n) is 5.37. The van der Waals surface area contributed by atoms with Crippen molar-refractivity contribution in [2.45, 2.75) is 25.7 Å². The number of furan rings is 1. The minimum absolute atomic E-state index is 0.109. The van der Waals surface area contributed by atoms with Gasteiger partial charge in [-0.2, -0.15) is 0 Å².